The highest BCUT2D eigenvalue weighted by atomic mass is 16.2. The number of terminal acetylenes is 1. The van der Waals surface area contributed by atoms with Gasteiger partial charge >= 0.3 is 0 Å². The van der Waals surface area contributed by atoms with Gasteiger partial charge in [0, 0.05) is 39.8 Å². The molecule has 1 amide bonds. The predicted octanol–water partition coefficient (Wildman–Crippen LogP) is 0.971. The van der Waals surface area contributed by atoms with Crippen molar-refractivity contribution >= 4 is 16.9 Å². The fourth-order valence-electron chi connectivity index (χ4n) is 2.63. The zero-order valence-electron chi connectivity index (χ0n) is 14.2. The summed E-state index contributed by atoms with van der Waals surface area (Å²) in [6.07, 6.45) is 8.85. The van der Waals surface area contributed by atoms with Crippen LogP contribution in [0.3, 0.4) is 0 Å². The molecular formula is C16H19N7O2. The van der Waals surface area contributed by atoms with Crippen LogP contribution in [-0.2, 0) is 18.4 Å². The molecule has 2 aromatic heterocycles. The van der Waals surface area contributed by atoms with E-state index in [0.717, 1.165) is 0 Å². The molecule has 3 heterocycles. The van der Waals surface area contributed by atoms with Crippen LogP contribution in [0.25, 0.3) is 11.0 Å². The molecule has 0 fully saturated rings. The van der Waals surface area contributed by atoms with Gasteiger partial charge in [-0.15, -0.1) is 12.3 Å². The molecule has 0 bridgehead atoms. The van der Waals surface area contributed by atoms with Crippen LogP contribution in [0.15, 0.2) is 21.2 Å². The van der Waals surface area contributed by atoms with Gasteiger partial charge < -0.3 is 9.88 Å². The quantitative estimate of drug-likeness (QED) is 0.757. The molecule has 0 unspecified atom stereocenters. The van der Waals surface area contributed by atoms with Crippen molar-refractivity contribution < 1.29 is 4.79 Å². The molecule has 9 nitrogen and oxygen atoms in total. The van der Waals surface area contributed by atoms with Gasteiger partial charge in [-0.2, -0.15) is 15.3 Å². The summed E-state index contributed by atoms with van der Waals surface area (Å²) < 4.78 is 1.53. The van der Waals surface area contributed by atoms with Gasteiger partial charge in [0.15, 0.2) is 11.3 Å². The Morgan fingerprint density at radius 2 is 2.20 bits per heavy atom. The number of aromatic amines is 1. The Kier molecular flexibility index (Phi) is 4.35. The minimum atomic E-state index is -0.469. The predicted molar refractivity (Wildman–Crippen MR) is 90.5 cm³/mol. The molecule has 0 radical (unpaired) electrons. The molecular weight excluding hydrogens is 322 g/mol. The summed E-state index contributed by atoms with van der Waals surface area (Å²) >= 11 is 0. The molecule has 0 aliphatic carbocycles. The van der Waals surface area contributed by atoms with Crippen molar-refractivity contribution in [1.29, 1.82) is 0 Å². The summed E-state index contributed by atoms with van der Waals surface area (Å²) in [5.74, 6) is 2.92. The van der Waals surface area contributed by atoms with Crippen LogP contribution in [0, 0.1) is 12.3 Å². The number of rotatable bonds is 7. The summed E-state index contributed by atoms with van der Waals surface area (Å²) in [6.45, 7) is 0.209. The van der Waals surface area contributed by atoms with Crippen LogP contribution in [0.4, 0.5) is 0 Å². The summed E-state index contributed by atoms with van der Waals surface area (Å²) in [5, 5.41) is 12.5. The number of carbonyl (C=O) groups is 1. The van der Waals surface area contributed by atoms with Crippen LogP contribution in [-0.4, -0.2) is 43.3 Å². The maximum atomic E-state index is 12.3. The van der Waals surface area contributed by atoms with Gasteiger partial charge in [0.1, 0.15) is 11.2 Å². The summed E-state index contributed by atoms with van der Waals surface area (Å²) in [7, 11) is 3.39. The van der Waals surface area contributed by atoms with Crippen molar-refractivity contribution in [1.82, 2.24) is 24.6 Å². The number of nitrogens with one attached hydrogen (secondary N) is 1. The molecule has 1 aliphatic heterocycles. The third-order valence-corrected chi connectivity index (χ3v) is 4.26. The van der Waals surface area contributed by atoms with E-state index in [9.17, 15) is 9.59 Å². The summed E-state index contributed by atoms with van der Waals surface area (Å²) in [4.78, 5) is 32.9. The van der Waals surface area contributed by atoms with Gasteiger partial charge in [-0.3, -0.25) is 14.3 Å². The normalized spacial score (nSPS) is 14.4. The molecule has 0 saturated carbocycles. The van der Waals surface area contributed by atoms with Crippen LogP contribution in [0.2, 0.25) is 0 Å². The number of aromatic nitrogens is 4. The van der Waals surface area contributed by atoms with Crippen molar-refractivity contribution in [3.63, 3.8) is 0 Å². The maximum absolute atomic E-state index is 12.3. The smallest absolute Gasteiger partial charge is 0.262 e. The van der Waals surface area contributed by atoms with Crippen molar-refractivity contribution in [2.75, 3.05) is 7.05 Å². The van der Waals surface area contributed by atoms with Crippen LogP contribution >= 0.6 is 0 Å². The number of hydrogen-bond donors (Lipinski definition) is 1. The van der Waals surface area contributed by atoms with Gasteiger partial charge in [-0.1, -0.05) is 0 Å². The molecule has 130 valence electrons. The van der Waals surface area contributed by atoms with Crippen LogP contribution in [0.5, 0.6) is 0 Å². The lowest BCUT2D eigenvalue weighted by Crippen LogP contribution is -2.29. The molecule has 0 atom stereocenters. The third-order valence-electron chi connectivity index (χ3n) is 4.26. The molecule has 9 heteroatoms. The standard InChI is InChI=1S/C16H19N7O2/c1-4-5-7-16(20-21-16)8-6-13(24)22(2)10-12-18-14-11(15(25)19-12)9-17-23(14)3/h1,9H,5-8,10H2,2-3H3,(H,18,19,25). The van der Waals surface area contributed by atoms with E-state index in [1.54, 1.807) is 14.1 Å². The summed E-state index contributed by atoms with van der Waals surface area (Å²) in [5.41, 5.74) is -0.246. The van der Waals surface area contributed by atoms with E-state index >= 15 is 0 Å². The first-order valence-corrected chi connectivity index (χ1v) is 7.96. The van der Waals surface area contributed by atoms with E-state index in [4.69, 9.17) is 6.42 Å². The van der Waals surface area contributed by atoms with Gasteiger partial charge in [-0.25, -0.2) is 4.98 Å². The highest BCUT2D eigenvalue weighted by Crippen LogP contribution is 2.37. The average Bonchev–Trinajstić information content (AvgIpc) is 3.27. The van der Waals surface area contributed by atoms with E-state index in [-0.39, 0.29) is 18.0 Å². The SMILES string of the molecule is C#CCCC1(CCC(=O)N(C)Cc2nc3c(cnn3C)c(=O)[nH]2)N=N1. The lowest BCUT2D eigenvalue weighted by molar-refractivity contribution is -0.130. The highest BCUT2D eigenvalue weighted by Gasteiger charge is 2.39. The Morgan fingerprint density at radius 3 is 2.88 bits per heavy atom. The van der Waals surface area contributed by atoms with Gasteiger partial charge in [0.2, 0.25) is 5.91 Å². The van der Waals surface area contributed by atoms with Crippen molar-refractivity contribution in [2.24, 2.45) is 17.3 Å². The molecule has 0 spiro atoms. The van der Waals surface area contributed by atoms with E-state index in [1.807, 2.05) is 0 Å². The maximum Gasteiger partial charge on any atom is 0.262 e. The Hall–Kier alpha value is -3.02. The lowest BCUT2D eigenvalue weighted by Gasteiger charge is -2.17. The molecule has 1 aliphatic rings. The third kappa shape index (κ3) is 3.57. The zero-order valence-corrected chi connectivity index (χ0v) is 14.2. The highest BCUT2D eigenvalue weighted by molar-refractivity contribution is 5.76. The minimum Gasteiger partial charge on any atom is -0.338 e. The van der Waals surface area contributed by atoms with Crippen LogP contribution < -0.4 is 5.56 Å². The van der Waals surface area contributed by atoms with E-state index in [0.29, 0.717) is 42.5 Å². The number of hydrogen-bond acceptors (Lipinski definition) is 6. The molecule has 0 aromatic carbocycles. The largest absolute Gasteiger partial charge is 0.338 e. The number of H-pyrrole nitrogens is 1. The van der Waals surface area contributed by atoms with Crippen molar-refractivity contribution in [2.45, 2.75) is 37.9 Å². The Balaban J connectivity index is 1.61. The van der Waals surface area contributed by atoms with Crippen LogP contribution in [0.1, 0.15) is 31.5 Å². The monoisotopic (exact) mass is 341 g/mol. The van der Waals surface area contributed by atoms with E-state index < -0.39 is 5.66 Å². The molecule has 1 N–H and O–H groups in total. The topological polar surface area (TPSA) is 109 Å². The fraction of sp³-hybridized carbons (Fsp3) is 0.500. The number of amides is 1. The second-order valence-electron chi connectivity index (χ2n) is 6.15. The minimum absolute atomic E-state index is 0.0647. The Bertz CT molecular complexity index is 928. The zero-order chi connectivity index (χ0) is 18.0. The lowest BCUT2D eigenvalue weighted by atomic mass is 10.0. The Morgan fingerprint density at radius 1 is 1.44 bits per heavy atom. The first kappa shape index (κ1) is 16.8. The second kappa shape index (κ2) is 6.47. The second-order valence-corrected chi connectivity index (χ2v) is 6.15. The Labute approximate surface area is 144 Å². The van der Waals surface area contributed by atoms with Crippen molar-refractivity contribution in [3.8, 4) is 12.3 Å². The van der Waals surface area contributed by atoms with E-state index in [1.165, 1.54) is 15.8 Å². The number of carbonyl (C=O) groups excluding carboxylic acids is 1. The van der Waals surface area contributed by atoms with E-state index in [2.05, 4.69) is 31.2 Å². The summed E-state index contributed by atoms with van der Waals surface area (Å²) in [6, 6.07) is 0. The molecule has 25 heavy (non-hydrogen) atoms. The average molecular weight is 341 g/mol. The number of fused-ring (bicyclic) bond motifs is 1. The van der Waals surface area contributed by atoms with Gasteiger partial charge in [0.05, 0.1) is 12.7 Å². The number of nitrogens with zero attached hydrogens (tertiary/aromatic N) is 6. The molecule has 3 rings (SSSR count). The van der Waals surface area contributed by atoms with Crippen molar-refractivity contribution in [3.05, 3.63) is 22.4 Å². The molecule has 2 aromatic rings. The first-order chi connectivity index (χ1) is 11.9. The van der Waals surface area contributed by atoms with Gasteiger partial charge in [0.25, 0.3) is 5.56 Å². The van der Waals surface area contributed by atoms with Gasteiger partial charge in [-0.05, 0) is 0 Å². The number of aryl methyl sites for hydroxylation is 1. The first-order valence-electron chi connectivity index (χ1n) is 7.96. The fourth-order valence-corrected chi connectivity index (χ4v) is 2.63. The molecule has 0 saturated heterocycles.